The highest BCUT2D eigenvalue weighted by Crippen LogP contribution is 2.01. The molecule has 0 heterocycles. The zero-order valence-corrected chi connectivity index (χ0v) is 11.5. The van der Waals surface area contributed by atoms with Gasteiger partial charge in [-0.1, -0.05) is 60.7 Å². The molecule has 21 heavy (non-hydrogen) atoms. The van der Waals surface area contributed by atoms with Crippen molar-refractivity contribution in [1.82, 2.24) is 0 Å². The minimum atomic E-state index is -1.34. The molecule has 0 radical (unpaired) electrons. The molecule has 0 saturated heterocycles. The van der Waals surface area contributed by atoms with Crippen LogP contribution in [0.25, 0.3) is 0 Å². The molecule has 1 atom stereocenters. The Morgan fingerprint density at radius 2 is 1.48 bits per heavy atom. The minimum Gasteiger partial charge on any atom is -0.480 e. The van der Waals surface area contributed by atoms with Gasteiger partial charge in [0, 0.05) is 0 Å². The maximum atomic E-state index is 10.4. The third kappa shape index (κ3) is 6.71. The highest BCUT2D eigenvalue weighted by molar-refractivity contribution is 6.58. The van der Waals surface area contributed by atoms with Crippen LogP contribution in [0.4, 0.5) is 0 Å². The molecule has 0 spiro atoms. The van der Waals surface area contributed by atoms with E-state index in [0.717, 1.165) is 5.56 Å². The predicted octanol–water partition coefficient (Wildman–Crippen LogP) is 0.00740. The average molecular weight is 287 g/mol. The van der Waals surface area contributed by atoms with Crippen LogP contribution in [0.15, 0.2) is 60.7 Å². The van der Waals surface area contributed by atoms with Gasteiger partial charge in [0.25, 0.3) is 0 Å². The van der Waals surface area contributed by atoms with Gasteiger partial charge < -0.3 is 20.9 Å². The van der Waals surface area contributed by atoms with Gasteiger partial charge in [0.1, 0.15) is 6.04 Å². The Morgan fingerprint density at radius 1 is 1.00 bits per heavy atom. The van der Waals surface area contributed by atoms with Gasteiger partial charge >= 0.3 is 13.1 Å². The van der Waals surface area contributed by atoms with Crippen LogP contribution in [0.1, 0.15) is 5.56 Å². The van der Waals surface area contributed by atoms with Crippen LogP contribution in [-0.4, -0.2) is 34.3 Å². The van der Waals surface area contributed by atoms with E-state index in [0.29, 0.717) is 11.9 Å². The molecule has 5 nitrogen and oxygen atoms in total. The molecule has 0 aliphatic heterocycles. The van der Waals surface area contributed by atoms with Crippen molar-refractivity contribution in [3.8, 4) is 0 Å². The monoisotopic (exact) mass is 287 g/mol. The normalized spacial score (nSPS) is 11.0. The van der Waals surface area contributed by atoms with Gasteiger partial charge in [0.2, 0.25) is 0 Å². The number of rotatable bonds is 4. The molecule has 0 fully saturated rings. The summed E-state index contributed by atoms with van der Waals surface area (Å²) in [4.78, 5) is 10.4. The summed E-state index contributed by atoms with van der Waals surface area (Å²) in [6.45, 7) is 0. The Hall–Kier alpha value is -2.15. The number of nitrogens with two attached hydrogens (primary N) is 1. The Kier molecular flexibility index (Phi) is 7.18. The SMILES string of the molecule is NC(Cc1ccccc1)C(=O)O.OB(O)c1ccccc1. The third-order valence-electron chi connectivity index (χ3n) is 2.71. The van der Waals surface area contributed by atoms with Gasteiger partial charge in [0.15, 0.2) is 0 Å². The summed E-state index contributed by atoms with van der Waals surface area (Å²) in [7, 11) is -1.34. The van der Waals surface area contributed by atoms with Crippen LogP contribution in [-0.2, 0) is 11.2 Å². The van der Waals surface area contributed by atoms with E-state index in [-0.39, 0.29) is 0 Å². The lowest BCUT2D eigenvalue weighted by atomic mass is 9.81. The fraction of sp³-hybridized carbons (Fsp3) is 0.133. The molecule has 2 rings (SSSR count). The molecule has 0 aliphatic rings. The van der Waals surface area contributed by atoms with Crippen molar-refractivity contribution in [3.63, 3.8) is 0 Å². The molecule has 0 aromatic heterocycles. The van der Waals surface area contributed by atoms with Crippen molar-refractivity contribution in [2.75, 3.05) is 0 Å². The van der Waals surface area contributed by atoms with Gasteiger partial charge in [-0.25, -0.2) is 0 Å². The number of aliphatic carboxylic acids is 1. The number of carboxylic acids is 1. The molecule has 0 amide bonds. The van der Waals surface area contributed by atoms with E-state index in [1.165, 1.54) is 0 Å². The molecule has 0 bridgehead atoms. The summed E-state index contributed by atoms with van der Waals surface area (Å²) >= 11 is 0. The van der Waals surface area contributed by atoms with E-state index in [1.54, 1.807) is 24.3 Å². The molecule has 2 aromatic rings. The summed E-state index contributed by atoms with van der Waals surface area (Å²) in [5.74, 6) is -0.959. The van der Waals surface area contributed by atoms with Crippen molar-refractivity contribution >= 4 is 18.6 Å². The van der Waals surface area contributed by atoms with Gasteiger partial charge in [-0.2, -0.15) is 0 Å². The van der Waals surface area contributed by atoms with Gasteiger partial charge in [-0.05, 0) is 17.4 Å². The predicted molar refractivity (Wildman–Crippen MR) is 82.0 cm³/mol. The van der Waals surface area contributed by atoms with Crippen LogP contribution < -0.4 is 11.2 Å². The Labute approximate surface area is 123 Å². The molecular weight excluding hydrogens is 269 g/mol. The standard InChI is InChI=1S/C9H11NO2.C6H7BO2/c10-8(9(11)12)6-7-4-2-1-3-5-7;8-7(9)6-4-2-1-3-5-6/h1-5,8H,6,10H2,(H,11,12);1-5,8-9H. The second-order valence-electron chi connectivity index (χ2n) is 4.42. The van der Waals surface area contributed by atoms with Crippen molar-refractivity contribution in [3.05, 3.63) is 66.2 Å². The molecule has 0 aliphatic carbocycles. The zero-order valence-electron chi connectivity index (χ0n) is 11.5. The first kappa shape index (κ1) is 16.9. The summed E-state index contributed by atoms with van der Waals surface area (Å²) in [5, 5.41) is 25.7. The Bertz CT molecular complexity index is 534. The van der Waals surface area contributed by atoms with E-state index in [9.17, 15) is 4.79 Å². The maximum absolute atomic E-state index is 10.4. The lowest BCUT2D eigenvalue weighted by molar-refractivity contribution is -0.138. The van der Waals surface area contributed by atoms with Crippen molar-refractivity contribution in [2.45, 2.75) is 12.5 Å². The quantitative estimate of drug-likeness (QED) is 0.593. The first-order valence-corrected chi connectivity index (χ1v) is 6.44. The van der Waals surface area contributed by atoms with Gasteiger partial charge in [-0.15, -0.1) is 0 Å². The van der Waals surface area contributed by atoms with E-state index >= 15 is 0 Å². The van der Waals surface area contributed by atoms with Crippen molar-refractivity contribution in [1.29, 1.82) is 0 Å². The fourth-order valence-corrected chi connectivity index (χ4v) is 1.58. The summed E-state index contributed by atoms with van der Waals surface area (Å²) < 4.78 is 0. The maximum Gasteiger partial charge on any atom is 0.488 e. The lowest BCUT2D eigenvalue weighted by Gasteiger charge is -2.04. The highest BCUT2D eigenvalue weighted by Gasteiger charge is 2.11. The fourth-order valence-electron chi connectivity index (χ4n) is 1.58. The zero-order chi connectivity index (χ0) is 15.7. The number of carbonyl (C=O) groups is 1. The van der Waals surface area contributed by atoms with Crippen LogP contribution >= 0.6 is 0 Å². The molecular formula is C15H18BNO4. The molecule has 5 N–H and O–H groups in total. The third-order valence-corrected chi connectivity index (χ3v) is 2.71. The van der Waals surface area contributed by atoms with Gasteiger partial charge in [-0.3, -0.25) is 4.79 Å². The molecule has 6 heteroatoms. The van der Waals surface area contributed by atoms with E-state index in [2.05, 4.69) is 0 Å². The first-order chi connectivity index (χ1) is 10.0. The topological polar surface area (TPSA) is 104 Å². The van der Waals surface area contributed by atoms with E-state index in [1.807, 2.05) is 36.4 Å². The van der Waals surface area contributed by atoms with E-state index in [4.69, 9.17) is 20.9 Å². The highest BCUT2D eigenvalue weighted by atomic mass is 16.4. The summed E-state index contributed by atoms with van der Waals surface area (Å²) in [6.07, 6.45) is 0.385. The summed E-state index contributed by atoms with van der Waals surface area (Å²) in [5.41, 5.74) is 6.83. The largest absolute Gasteiger partial charge is 0.488 e. The van der Waals surface area contributed by atoms with Crippen LogP contribution in [0.5, 0.6) is 0 Å². The van der Waals surface area contributed by atoms with Crippen LogP contribution in [0.3, 0.4) is 0 Å². The van der Waals surface area contributed by atoms with Crippen molar-refractivity contribution in [2.24, 2.45) is 5.73 Å². The minimum absolute atomic E-state index is 0.385. The number of benzene rings is 2. The second-order valence-corrected chi connectivity index (χ2v) is 4.42. The second kappa shape index (κ2) is 8.91. The molecule has 110 valence electrons. The van der Waals surface area contributed by atoms with E-state index < -0.39 is 19.1 Å². The first-order valence-electron chi connectivity index (χ1n) is 6.44. The molecule has 1 unspecified atom stereocenters. The van der Waals surface area contributed by atoms with Crippen LogP contribution in [0, 0.1) is 0 Å². The van der Waals surface area contributed by atoms with Gasteiger partial charge in [0.05, 0.1) is 0 Å². The molecule has 0 saturated carbocycles. The number of hydrogen-bond acceptors (Lipinski definition) is 4. The van der Waals surface area contributed by atoms with Crippen LogP contribution in [0.2, 0.25) is 0 Å². The Morgan fingerprint density at radius 3 is 1.86 bits per heavy atom. The Balaban J connectivity index is 0.000000219. The smallest absolute Gasteiger partial charge is 0.480 e. The lowest BCUT2D eigenvalue weighted by Crippen LogP contribution is -2.32. The summed E-state index contributed by atoms with van der Waals surface area (Å²) in [6, 6.07) is 17.2. The average Bonchev–Trinajstić information content (AvgIpc) is 2.49. The van der Waals surface area contributed by atoms with Crippen molar-refractivity contribution < 1.29 is 19.9 Å². The number of hydrogen-bond donors (Lipinski definition) is 4. The number of carboxylic acid groups (broad SMARTS) is 1. The molecule has 2 aromatic carbocycles.